The highest BCUT2D eigenvalue weighted by Gasteiger charge is 2.22. The minimum absolute atomic E-state index is 0.397. The van der Waals surface area contributed by atoms with Gasteiger partial charge in [0.2, 0.25) is 0 Å². The molecule has 0 amide bonds. The maximum atomic E-state index is 10.2. The predicted octanol–water partition coefficient (Wildman–Crippen LogP) is 2.50. The first-order chi connectivity index (χ1) is 8.33. The molecule has 0 aliphatic heterocycles. The number of aliphatic hydroxyl groups is 1. The first kappa shape index (κ1) is 11.8. The number of ether oxygens (including phenoxy) is 1. The monoisotopic (exact) mass is 229 g/mol. The van der Waals surface area contributed by atoms with Gasteiger partial charge in [-0.15, -0.1) is 0 Å². The molecule has 1 N–H and O–H groups in total. The van der Waals surface area contributed by atoms with Crippen LogP contribution in [0.4, 0.5) is 0 Å². The van der Waals surface area contributed by atoms with Crippen molar-refractivity contribution in [2.24, 2.45) is 0 Å². The van der Waals surface area contributed by atoms with Gasteiger partial charge in [-0.2, -0.15) is 0 Å². The Morgan fingerprint density at radius 3 is 2.35 bits per heavy atom. The van der Waals surface area contributed by atoms with E-state index in [-0.39, 0.29) is 0 Å². The quantitative estimate of drug-likeness (QED) is 0.875. The lowest BCUT2D eigenvalue weighted by Gasteiger charge is -2.21. The molecule has 3 heteroatoms. The third kappa shape index (κ3) is 2.70. The second-order valence-corrected chi connectivity index (χ2v) is 3.77. The molecule has 0 bridgehead atoms. The third-order valence-corrected chi connectivity index (χ3v) is 2.66. The zero-order valence-electron chi connectivity index (χ0n) is 9.65. The van der Waals surface area contributed by atoms with Gasteiger partial charge in [0.05, 0.1) is 5.69 Å². The van der Waals surface area contributed by atoms with Crippen molar-refractivity contribution in [1.82, 2.24) is 4.98 Å². The summed E-state index contributed by atoms with van der Waals surface area (Å²) in [5, 5.41) is 10.2. The van der Waals surface area contributed by atoms with Gasteiger partial charge < -0.3 is 9.84 Å². The predicted molar refractivity (Wildman–Crippen MR) is 65.4 cm³/mol. The standard InChI is InChI=1S/C14H15NO2/c1-17-14(11-7-3-2-4-8-11)13(16)12-9-5-6-10-15-12/h2-10,13-14,16H,1H3. The summed E-state index contributed by atoms with van der Waals surface area (Å²) < 4.78 is 5.36. The van der Waals surface area contributed by atoms with Crippen LogP contribution in [0.25, 0.3) is 0 Å². The minimum atomic E-state index is -0.761. The van der Waals surface area contributed by atoms with Gasteiger partial charge in [0.1, 0.15) is 12.2 Å². The van der Waals surface area contributed by atoms with E-state index in [1.807, 2.05) is 42.5 Å². The normalized spacial score (nSPS) is 14.2. The van der Waals surface area contributed by atoms with Crippen LogP contribution in [0.1, 0.15) is 23.5 Å². The molecule has 2 atom stereocenters. The molecular weight excluding hydrogens is 214 g/mol. The molecule has 88 valence electrons. The van der Waals surface area contributed by atoms with Gasteiger partial charge in [0.15, 0.2) is 0 Å². The van der Waals surface area contributed by atoms with Crippen LogP contribution < -0.4 is 0 Å². The van der Waals surface area contributed by atoms with E-state index in [1.54, 1.807) is 19.4 Å². The zero-order chi connectivity index (χ0) is 12.1. The summed E-state index contributed by atoms with van der Waals surface area (Å²) in [5.74, 6) is 0. The molecule has 1 heterocycles. The smallest absolute Gasteiger partial charge is 0.126 e. The van der Waals surface area contributed by atoms with Crippen molar-refractivity contribution in [1.29, 1.82) is 0 Å². The van der Waals surface area contributed by atoms with Crippen molar-refractivity contribution in [3.63, 3.8) is 0 Å². The fourth-order valence-corrected chi connectivity index (χ4v) is 1.80. The molecule has 2 unspecified atom stereocenters. The highest BCUT2D eigenvalue weighted by Crippen LogP contribution is 2.29. The molecule has 1 aromatic carbocycles. The molecule has 2 aromatic rings. The molecule has 0 fully saturated rings. The Morgan fingerprint density at radius 2 is 1.76 bits per heavy atom. The topological polar surface area (TPSA) is 42.4 Å². The second-order valence-electron chi connectivity index (χ2n) is 3.77. The number of methoxy groups -OCH3 is 1. The highest BCUT2D eigenvalue weighted by atomic mass is 16.5. The molecule has 2 rings (SSSR count). The summed E-state index contributed by atoms with van der Waals surface area (Å²) in [5.41, 5.74) is 1.55. The van der Waals surface area contributed by atoms with Crippen LogP contribution in [0.5, 0.6) is 0 Å². The summed E-state index contributed by atoms with van der Waals surface area (Å²) in [6, 6.07) is 15.1. The van der Waals surface area contributed by atoms with E-state index in [2.05, 4.69) is 4.98 Å². The van der Waals surface area contributed by atoms with Gasteiger partial charge >= 0.3 is 0 Å². The SMILES string of the molecule is COC(c1ccccc1)C(O)c1ccccn1. The van der Waals surface area contributed by atoms with Gasteiger partial charge in [-0.1, -0.05) is 36.4 Å². The Kier molecular flexibility index (Phi) is 3.85. The van der Waals surface area contributed by atoms with Crippen molar-refractivity contribution in [3.8, 4) is 0 Å². The van der Waals surface area contributed by atoms with Crippen molar-refractivity contribution in [2.75, 3.05) is 7.11 Å². The number of aromatic nitrogens is 1. The van der Waals surface area contributed by atoms with Gasteiger partial charge in [-0.3, -0.25) is 4.98 Å². The fraction of sp³-hybridized carbons (Fsp3) is 0.214. The van der Waals surface area contributed by atoms with Crippen LogP contribution in [0.2, 0.25) is 0 Å². The number of aliphatic hydroxyl groups excluding tert-OH is 1. The number of benzene rings is 1. The average Bonchev–Trinajstić information content (AvgIpc) is 2.42. The van der Waals surface area contributed by atoms with Crippen LogP contribution in [0, 0.1) is 0 Å². The summed E-state index contributed by atoms with van der Waals surface area (Å²) in [6.07, 6.45) is 0.505. The Balaban J connectivity index is 2.25. The van der Waals surface area contributed by atoms with Crippen molar-refractivity contribution in [2.45, 2.75) is 12.2 Å². The van der Waals surface area contributed by atoms with Gasteiger partial charge in [0, 0.05) is 13.3 Å². The van der Waals surface area contributed by atoms with Crippen LogP contribution in [0.15, 0.2) is 54.7 Å². The lowest BCUT2D eigenvalue weighted by molar-refractivity contribution is -0.0170. The second kappa shape index (κ2) is 5.57. The molecule has 0 saturated heterocycles. The van der Waals surface area contributed by atoms with E-state index in [9.17, 15) is 5.11 Å². The molecule has 0 aliphatic carbocycles. The Morgan fingerprint density at radius 1 is 1.06 bits per heavy atom. The molecule has 0 saturated carbocycles. The largest absolute Gasteiger partial charge is 0.384 e. The number of hydrogen-bond donors (Lipinski definition) is 1. The first-order valence-corrected chi connectivity index (χ1v) is 5.49. The molecule has 3 nitrogen and oxygen atoms in total. The number of hydrogen-bond acceptors (Lipinski definition) is 3. The maximum absolute atomic E-state index is 10.2. The summed E-state index contributed by atoms with van der Waals surface area (Å²) in [7, 11) is 1.59. The van der Waals surface area contributed by atoms with E-state index in [0.717, 1.165) is 5.56 Å². The van der Waals surface area contributed by atoms with Gasteiger partial charge in [0.25, 0.3) is 0 Å². The van der Waals surface area contributed by atoms with Crippen molar-refractivity contribution in [3.05, 3.63) is 66.0 Å². The molecule has 1 aromatic heterocycles. The Labute approximate surface area is 101 Å². The van der Waals surface area contributed by atoms with Gasteiger partial charge in [-0.05, 0) is 17.7 Å². The van der Waals surface area contributed by atoms with E-state index in [4.69, 9.17) is 4.74 Å². The van der Waals surface area contributed by atoms with E-state index in [0.29, 0.717) is 5.69 Å². The summed E-state index contributed by atoms with van der Waals surface area (Å²) in [4.78, 5) is 4.14. The lowest BCUT2D eigenvalue weighted by atomic mass is 10.0. The van der Waals surface area contributed by atoms with E-state index >= 15 is 0 Å². The summed E-state index contributed by atoms with van der Waals surface area (Å²) >= 11 is 0. The van der Waals surface area contributed by atoms with E-state index in [1.165, 1.54) is 0 Å². The highest BCUT2D eigenvalue weighted by molar-refractivity contribution is 5.21. The van der Waals surface area contributed by atoms with Crippen LogP contribution in [-0.4, -0.2) is 17.2 Å². The van der Waals surface area contributed by atoms with Crippen LogP contribution >= 0.6 is 0 Å². The first-order valence-electron chi connectivity index (χ1n) is 5.49. The Hall–Kier alpha value is -1.71. The molecule has 17 heavy (non-hydrogen) atoms. The van der Waals surface area contributed by atoms with E-state index < -0.39 is 12.2 Å². The van der Waals surface area contributed by atoms with Crippen LogP contribution in [-0.2, 0) is 4.74 Å². The minimum Gasteiger partial charge on any atom is -0.384 e. The van der Waals surface area contributed by atoms with Gasteiger partial charge in [-0.25, -0.2) is 0 Å². The number of pyridine rings is 1. The molecule has 0 spiro atoms. The zero-order valence-corrected chi connectivity index (χ0v) is 9.65. The fourth-order valence-electron chi connectivity index (χ4n) is 1.80. The lowest BCUT2D eigenvalue weighted by Crippen LogP contribution is -2.13. The average molecular weight is 229 g/mol. The number of rotatable bonds is 4. The number of nitrogens with zero attached hydrogens (tertiary/aromatic N) is 1. The Bertz CT molecular complexity index is 444. The maximum Gasteiger partial charge on any atom is 0.126 e. The van der Waals surface area contributed by atoms with Crippen molar-refractivity contribution < 1.29 is 9.84 Å². The van der Waals surface area contributed by atoms with Crippen LogP contribution in [0.3, 0.4) is 0 Å². The third-order valence-electron chi connectivity index (χ3n) is 2.66. The molecule has 0 radical (unpaired) electrons. The molecular formula is C14H15NO2. The summed E-state index contributed by atoms with van der Waals surface area (Å²) in [6.45, 7) is 0. The van der Waals surface area contributed by atoms with Crippen molar-refractivity contribution >= 4 is 0 Å². The molecule has 0 aliphatic rings.